The quantitative estimate of drug-likeness (QED) is 0.636. The number of rotatable bonds is 5. The van der Waals surface area contributed by atoms with Crippen molar-refractivity contribution in [2.45, 2.75) is 20.0 Å². The van der Waals surface area contributed by atoms with Crippen LogP contribution in [0.1, 0.15) is 13.8 Å². The van der Waals surface area contributed by atoms with Crippen LogP contribution in [0.25, 0.3) is 0 Å². The lowest BCUT2D eigenvalue weighted by Crippen LogP contribution is -2.46. The molecule has 5 nitrogen and oxygen atoms in total. The molecule has 0 saturated heterocycles. The molecule has 0 spiro atoms. The Morgan fingerprint density at radius 3 is 2.22 bits per heavy atom. The highest BCUT2D eigenvalue weighted by atomic mass is 35.5. The number of sulfonamides is 1. The second-order valence-electron chi connectivity index (χ2n) is 3.94. The van der Waals surface area contributed by atoms with Crippen molar-refractivity contribution in [1.82, 2.24) is 4.72 Å². The Kier molecular flexibility index (Phi) is 6.45. The van der Waals surface area contributed by atoms with Gasteiger partial charge in [-0.25, -0.2) is 8.42 Å². The van der Waals surface area contributed by atoms with Crippen molar-refractivity contribution in [3.8, 4) is 0 Å². The Balaban J connectivity index is 0.00000289. The van der Waals surface area contributed by atoms with Crippen molar-refractivity contribution in [3.05, 3.63) is 24.3 Å². The topological polar surface area (TPSA) is 75.4 Å². The molecule has 1 atom stereocenters. The highest BCUT2D eigenvalue weighted by Gasteiger charge is 2.16. The van der Waals surface area contributed by atoms with Crippen molar-refractivity contribution in [2.75, 3.05) is 23.4 Å². The molecule has 3 N–H and O–H groups in total. The lowest BCUT2D eigenvalue weighted by Gasteiger charge is -2.30. The van der Waals surface area contributed by atoms with Crippen molar-refractivity contribution in [1.29, 1.82) is 0 Å². The van der Waals surface area contributed by atoms with Gasteiger partial charge in [0.05, 0.1) is 12.4 Å². The molecule has 0 amide bonds. The summed E-state index contributed by atoms with van der Waals surface area (Å²) in [6.45, 7) is 4.48. The Hall–Kier alpha value is -0.980. The summed E-state index contributed by atoms with van der Waals surface area (Å²) < 4.78 is 24.9. The van der Waals surface area contributed by atoms with Gasteiger partial charge in [-0.1, -0.05) is 0 Å². The van der Waals surface area contributed by atoms with E-state index in [2.05, 4.69) is 4.72 Å². The number of anilines is 2. The molecule has 0 aliphatic carbocycles. The van der Waals surface area contributed by atoms with E-state index in [1.165, 1.54) is 0 Å². The fraction of sp³-hybridized carbons (Fsp3) is 0.455. The highest BCUT2D eigenvalue weighted by molar-refractivity contribution is 7.88. The minimum Gasteiger partial charge on any atom is -0.399 e. The molecule has 0 fully saturated rings. The molecule has 1 unspecified atom stereocenters. The molecule has 18 heavy (non-hydrogen) atoms. The molecule has 0 aliphatic heterocycles. The van der Waals surface area contributed by atoms with E-state index in [-0.39, 0.29) is 18.6 Å². The smallest absolute Gasteiger partial charge is 0.210 e. The van der Waals surface area contributed by atoms with Crippen LogP contribution >= 0.6 is 12.4 Å². The number of hydrogen-bond donors (Lipinski definition) is 2. The van der Waals surface area contributed by atoms with Crippen LogP contribution in [0.3, 0.4) is 0 Å². The molecule has 0 heterocycles. The van der Waals surface area contributed by atoms with Crippen molar-refractivity contribution in [2.24, 2.45) is 0 Å². The van der Waals surface area contributed by atoms with Crippen molar-refractivity contribution >= 4 is 33.8 Å². The molecular weight excluding hydrogens is 274 g/mol. The summed E-state index contributed by atoms with van der Waals surface area (Å²) in [5, 5.41) is 0. The molecule has 1 rings (SSSR count). The fourth-order valence-electron chi connectivity index (χ4n) is 1.72. The summed E-state index contributed by atoms with van der Waals surface area (Å²) in [5.74, 6) is 0. The number of nitrogens with one attached hydrogen (secondary N) is 1. The van der Waals surface area contributed by atoms with E-state index in [1.807, 2.05) is 24.0 Å². The molecule has 0 saturated carbocycles. The third-order valence-electron chi connectivity index (χ3n) is 2.42. The van der Waals surface area contributed by atoms with Gasteiger partial charge in [0.1, 0.15) is 0 Å². The van der Waals surface area contributed by atoms with E-state index in [1.54, 1.807) is 19.1 Å². The average molecular weight is 294 g/mol. The van der Waals surface area contributed by atoms with E-state index in [0.717, 1.165) is 11.9 Å². The van der Waals surface area contributed by atoms with Gasteiger partial charge >= 0.3 is 0 Å². The molecule has 104 valence electrons. The third-order valence-corrected chi connectivity index (χ3v) is 3.19. The fourth-order valence-corrected chi connectivity index (χ4v) is 2.47. The molecular formula is C11H20ClN3O2S. The second kappa shape index (κ2) is 6.82. The van der Waals surface area contributed by atoms with Crippen LogP contribution < -0.4 is 15.4 Å². The standard InChI is InChI=1S/C11H19N3O2S.ClH/c1-4-14(9(2)13-17(3,15)16)11-7-5-10(12)6-8-11;/h5-9,13H,4,12H2,1-3H3;1H. The predicted octanol–water partition coefficient (Wildman–Crippen LogP) is 1.41. The molecule has 0 bridgehead atoms. The molecule has 7 heteroatoms. The molecule has 1 aromatic carbocycles. The number of hydrogen-bond acceptors (Lipinski definition) is 4. The summed E-state index contributed by atoms with van der Waals surface area (Å²) in [4.78, 5) is 1.94. The van der Waals surface area contributed by atoms with Crippen LogP contribution in [0.4, 0.5) is 11.4 Å². The highest BCUT2D eigenvalue weighted by Crippen LogP contribution is 2.17. The van der Waals surface area contributed by atoms with Gasteiger partial charge in [-0.05, 0) is 38.1 Å². The van der Waals surface area contributed by atoms with Gasteiger partial charge in [-0.15, -0.1) is 12.4 Å². The van der Waals surface area contributed by atoms with Crippen LogP contribution in [0.2, 0.25) is 0 Å². The van der Waals surface area contributed by atoms with Crippen LogP contribution in [-0.2, 0) is 10.0 Å². The second-order valence-corrected chi connectivity index (χ2v) is 5.72. The number of benzene rings is 1. The number of nitrogens with two attached hydrogens (primary N) is 1. The zero-order valence-electron chi connectivity index (χ0n) is 10.8. The van der Waals surface area contributed by atoms with Crippen LogP contribution in [0, 0.1) is 0 Å². The van der Waals surface area contributed by atoms with Gasteiger partial charge in [0.15, 0.2) is 0 Å². The van der Waals surface area contributed by atoms with E-state index < -0.39 is 10.0 Å². The number of nitrogen functional groups attached to an aromatic ring is 1. The van der Waals surface area contributed by atoms with Gasteiger partial charge in [0.25, 0.3) is 0 Å². The van der Waals surface area contributed by atoms with Gasteiger partial charge in [-0.3, -0.25) is 0 Å². The molecule has 0 radical (unpaired) electrons. The van der Waals surface area contributed by atoms with Gasteiger partial charge in [-0.2, -0.15) is 4.72 Å². The predicted molar refractivity (Wildman–Crippen MR) is 78.6 cm³/mol. The third kappa shape index (κ3) is 5.12. The summed E-state index contributed by atoms with van der Waals surface area (Å²) in [6, 6.07) is 7.34. The van der Waals surface area contributed by atoms with Crippen LogP contribution in [0.5, 0.6) is 0 Å². The Morgan fingerprint density at radius 2 is 1.83 bits per heavy atom. The minimum absolute atomic E-state index is 0. The first-order valence-corrected chi connectivity index (χ1v) is 7.32. The Bertz CT molecular complexity index is 462. The first kappa shape index (κ1) is 17.0. The lowest BCUT2D eigenvalue weighted by atomic mass is 10.2. The first-order chi connectivity index (χ1) is 7.83. The summed E-state index contributed by atoms with van der Waals surface area (Å²) in [6.07, 6.45) is 0.860. The zero-order chi connectivity index (χ0) is 13.1. The van der Waals surface area contributed by atoms with Gasteiger partial charge < -0.3 is 10.6 Å². The molecule has 0 aromatic heterocycles. The van der Waals surface area contributed by atoms with Gasteiger partial charge in [0.2, 0.25) is 10.0 Å². The Morgan fingerprint density at radius 1 is 1.33 bits per heavy atom. The van der Waals surface area contributed by atoms with Crippen molar-refractivity contribution < 1.29 is 8.42 Å². The zero-order valence-corrected chi connectivity index (χ0v) is 12.4. The largest absolute Gasteiger partial charge is 0.399 e. The minimum atomic E-state index is -3.21. The summed E-state index contributed by atoms with van der Waals surface area (Å²) >= 11 is 0. The molecule has 1 aromatic rings. The average Bonchev–Trinajstić information content (AvgIpc) is 2.19. The van der Waals surface area contributed by atoms with E-state index >= 15 is 0 Å². The lowest BCUT2D eigenvalue weighted by molar-refractivity contribution is 0.555. The Labute approximate surface area is 115 Å². The maximum Gasteiger partial charge on any atom is 0.210 e. The van der Waals surface area contributed by atoms with Crippen LogP contribution in [-0.4, -0.2) is 27.4 Å². The van der Waals surface area contributed by atoms with Crippen LogP contribution in [0.15, 0.2) is 24.3 Å². The van der Waals surface area contributed by atoms with Crippen molar-refractivity contribution in [3.63, 3.8) is 0 Å². The summed E-state index contributed by atoms with van der Waals surface area (Å²) in [7, 11) is -3.21. The van der Waals surface area contributed by atoms with Gasteiger partial charge in [0, 0.05) is 17.9 Å². The monoisotopic (exact) mass is 293 g/mol. The first-order valence-electron chi connectivity index (χ1n) is 5.43. The summed E-state index contributed by atoms with van der Waals surface area (Å²) in [5.41, 5.74) is 7.24. The normalized spacial score (nSPS) is 12.6. The van der Waals surface area contributed by atoms with E-state index in [9.17, 15) is 8.42 Å². The van der Waals surface area contributed by atoms with E-state index in [0.29, 0.717) is 12.2 Å². The SMILES string of the molecule is CCN(c1ccc(N)cc1)C(C)NS(C)(=O)=O.Cl. The van der Waals surface area contributed by atoms with E-state index in [4.69, 9.17) is 5.73 Å². The number of nitrogens with zero attached hydrogens (tertiary/aromatic N) is 1. The maximum absolute atomic E-state index is 11.2. The number of halogens is 1. The molecule has 0 aliphatic rings. The maximum atomic E-state index is 11.2.